The van der Waals surface area contributed by atoms with Crippen LogP contribution >= 0.6 is 22.9 Å². The molecule has 3 nitrogen and oxygen atoms in total. The maximum absolute atomic E-state index is 8.83. The fourth-order valence-electron chi connectivity index (χ4n) is 1.74. The molecule has 0 saturated carbocycles. The molecular formula is C14H14ClN3S. The summed E-state index contributed by atoms with van der Waals surface area (Å²) in [5.41, 5.74) is 1.33. The minimum absolute atomic E-state index is 0.283. The van der Waals surface area contributed by atoms with Gasteiger partial charge in [0.2, 0.25) is 0 Å². The second-order valence-electron chi connectivity index (χ2n) is 4.32. The maximum atomic E-state index is 8.83. The van der Waals surface area contributed by atoms with Crippen LogP contribution in [0, 0.1) is 11.3 Å². The monoisotopic (exact) mass is 291 g/mol. The van der Waals surface area contributed by atoms with Crippen LogP contribution in [-0.4, -0.2) is 11.0 Å². The number of nitrogens with zero attached hydrogens (tertiary/aromatic N) is 2. The maximum Gasteiger partial charge on any atom is 0.185 e. The summed E-state index contributed by atoms with van der Waals surface area (Å²) in [4.78, 5) is 4.58. The van der Waals surface area contributed by atoms with E-state index in [4.69, 9.17) is 16.9 Å². The molecule has 0 radical (unpaired) electrons. The van der Waals surface area contributed by atoms with Gasteiger partial charge in [0.15, 0.2) is 10.3 Å². The normalized spacial score (nSPS) is 11.8. The van der Waals surface area contributed by atoms with Gasteiger partial charge in [-0.3, -0.25) is 0 Å². The molecule has 0 fully saturated rings. The van der Waals surface area contributed by atoms with Crippen molar-refractivity contribution in [3.8, 4) is 6.07 Å². The van der Waals surface area contributed by atoms with E-state index in [1.807, 2.05) is 24.3 Å². The van der Waals surface area contributed by atoms with Crippen molar-refractivity contribution < 1.29 is 0 Å². The third kappa shape index (κ3) is 3.95. The number of aromatic nitrogens is 1. The number of nitriles is 1. The fourth-order valence-corrected chi connectivity index (χ4v) is 2.80. The molecule has 1 aromatic carbocycles. The van der Waals surface area contributed by atoms with Crippen LogP contribution in [0.15, 0.2) is 30.3 Å². The zero-order valence-electron chi connectivity index (χ0n) is 10.6. The lowest BCUT2D eigenvalue weighted by Crippen LogP contribution is -2.15. The largest absolute Gasteiger partial charge is 0.359 e. The van der Waals surface area contributed by atoms with Crippen molar-refractivity contribution in [3.05, 3.63) is 45.9 Å². The first-order valence-electron chi connectivity index (χ1n) is 6.06. The molecule has 0 saturated heterocycles. The van der Waals surface area contributed by atoms with Crippen molar-refractivity contribution in [1.29, 1.82) is 5.26 Å². The van der Waals surface area contributed by atoms with Gasteiger partial charge in [-0.15, -0.1) is 0 Å². The molecule has 0 bridgehead atoms. The molecule has 1 aromatic heterocycles. The minimum Gasteiger partial charge on any atom is -0.359 e. The summed E-state index contributed by atoms with van der Waals surface area (Å²) < 4.78 is 0. The Morgan fingerprint density at radius 1 is 1.42 bits per heavy atom. The highest BCUT2D eigenvalue weighted by atomic mass is 35.5. The predicted molar refractivity (Wildman–Crippen MR) is 79.7 cm³/mol. The van der Waals surface area contributed by atoms with Gasteiger partial charge in [0.25, 0.3) is 0 Å². The Balaban J connectivity index is 1.87. The van der Waals surface area contributed by atoms with Crippen molar-refractivity contribution >= 4 is 28.1 Å². The Labute approximate surface area is 121 Å². The van der Waals surface area contributed by atoms with Gasteiger partial charge in [0, 0.05) is 6.04 Å². The van der Waals surface area contributed by atoms with Gasteiger partial charge < -0.3 is 5.32 Å². The average molecular weight is 292 g/mol. The molecule has 0 amide bonds. The molecule has 2 rings (SSSR count). The van der Waals surface area contributed by atoms with Crippen LogP contribution in [0.2, 0.25) is 5.15 Å². The predicted octanol–water partition coefficient (Wildman–Crippen LogP) is 4.10. The Morgan fingerprint density at radius 3 is 2.79 bits per heavy atom. The van der Waals surface area contributed by atoms with Crippen LogP contribution in [0.4, 0.5) is 5.13 Å². The van der Waals surface area contributed by atoms with Crippen LogP contribution < -0.4 is 5.32 Å². The van der Waals surface area contributed by atoms with Crippen molar-refractivity contribution in [1.82, 2.24) is 4.98 Å². The average Bonchev–Trinajstić information content (AvgIpc) is 2.77. The van der Waals surface area contributed by atoms with E-state index in [2.05, 4.69) is 29.4 Å². The van der Waals surface area contributed by atoms with Gasteiger partial charge in [0.1, 0.15) is 10.9 Å². The van der Waals surface area contributed by atoms with Crippen molar-refractivity contribution in [2.45, 2.75) is 25.8 Å². The first-order chi connectivity index (χ1) is 9.19. The molecule has 0 spiro atoms. The van der Waals surface area contributed by atoms with Gasteiger partial charge in [-0.05, 0) is 25.3 Å². The van der Waals surface area contributed by atoms with Gasteiger partial charge in [-0.1, -0.05) is 53.3 Å². The molecule has 2 aromatic rings. The first-order valence-corrected chi connectivity index (χ1v) is 7.25. The Kier molecular flexibility index (Phi) is 4.78. The van der Waals surface area contributed by atoms with Crippen LogP contribution in [-0.2, 0) is 6.42 Å². The first kappa shape index (κ1) is 13.9. The van der Waals surface area contributed by atoms with Gasteiger partial charge >= 0.3 is 0 Å². The summed E-state index contributed by atoms with van der Waals surface area (Å²) in [6, 6.07) is 12.7. The van der Waals surface area contributed by atoms with E-state index in [9.17, 15) is 0 Å². The van der Waals surface area contributed by atoms with Gasteiger partial charge in [-0.2, -0.15) is 5.26 Å². The Morgan fingerprint density at radius 2 is 2.16 bits per heavy atom. The third-order valence-corrected chi connectivity index (χ3v) is 4.04. The van der Waals surface area contributed by atoms with E-state index in [0.717, 1.165) is 12.8 Å². The number of aryl methyl sites for hydroxylation is 1. The summed E-state index contributed by atoms with van der Waals surface area (Å²) in [5, 5.41) is 13.1. The standard InChI is InChI=1S/C14H14ClN3S/c1-10(7-8-11-5-3-2-4-6-11)17-14-18-13(15)12(9-16)19-14/h2-6,10H,7-8H2,1H3,(H,17,18)/t10-/m0/s1. The van der Waals surface area contributed by atoms with Crippen LogP contribution in [0.25, 0.3) is 0 Å². The summed E-state index contributed by atoms with van der Waals surface area (Å²) in [5.74, 6) is 0. The van der Waals surface area contributed by atoms with E-state index in [0.29, 0.717) is 10.0 Å². The van der Waals surface area contributed by atoms with E-state index >= 15 is 0 Å². The quantitative estimate of drug-likeness (QED) is 0.902. The van der Waals surface area contributed by atoms with Crippen LogP contribution in [0.1, 0.15) is 23.8 Å². The fraction of sp³-hybridized carbons (Fsp3) is 0.286. The molecule has 0 aliphatic heterocycles. The second kappa shape index (κ2) is 6.55. The molecule has 5 heteroatoms. The topological polar surface area (TPSA) is 48.7 Å². The summed E-state index contributed by atoms with van der Waals surface area (Å²) in [7, 11) is 0. The molecule has 0 aliphatic carbocycles. The minimum atomic E-state index is 0.283. The van der Waals surface area contributed by atoms with E-state index in [1.165, 1.54) is 16.9 Å². The molecule has 1 atom stereocenters. The highest BCUT2D eigenvalue weighted by Gasteiger charge is 2.10. The number of benzene rings is 1. The third-order valence-electron chi connectivity index (χ3n) is 2.77. The zero-order chi connectivity index (χ0) is 13.7. The smallest absolute Gasteiger partial charge is 0.185 e. The highest BCUT2D eigenvalue weighted by Crippen LogP contribution is 2.26. The Bertz CT molecular complexity index is 574. The SMILES string of the molecule is C[C@@H](CCc1ccccc1)Nc1nc(Cl)c(C#N)s1. The molecule has 98 valence electrons. The summed E-state index contributed by atoms with van der Waals surface area (Å²) in [6.45, 7) is 2.10. The number of thiazole rings is 1. The number of halogens is 1. The summed E-state index contributed by atoms with van der Waals surface area (Å²) >= 11 is 7.13. The van der Waals surface area contributed by atoms with Crippen LogP contribution in [0.5, 0.6) is 0 Å². The molecule has 0 unspecified atom stereocenters. The van der Waals surface area contributed by atoms with Crippen molar-refractivity contribution in [2.75, 3.05) is 5.32 Å². The van der Waals surface area contributed by atoms with E-state index in [-0.39, 0.29) is 11.2 Å². The van der Waals surface area contributed by atoms with E-state index in [1.54, 1.807) is 0 Å². The van der Waals surface area contributed by atoms with Crippen molar-refractivity contribution in [3.63, 3.8) is 0 Å². The summed E-state index contributed by atoms with van der Waals surface area (Å²) in [6.07, 6.45) is 2.02. The zero-order valence-corrected chi connectivity index (χ0v) is 12.1. The van der Waals surface area contributed by atoms with E-state index < -0.39 is 0 Å². The van der Waals surface area contributed by atoms with Crippen LogP contribution in [0.3, 0.4) is 0 Å². The lowest BCUT2D eigenvalue weighted by atomic mass is 10.1. The molecule has 19 heavy (non-hydrogen) atoms. The lowest BCUT2D eigenvalue weighted by molar-refractivity contribution is 0.705. The molecule has 0 aliphatic rings. The van der Waals surface area contributed by atoms with Gasteiger partial charge in [-0.25, -0.2) is 4.98 Å². The molecular weight excluding hydrogens is 278 g/mol. The molecule has 1 N–H and O–H groups in total. The van der Waals surface area contributed by atoms with Crippen molar-refractivity contribution in [2.24, 2.45) is 0 Å². The number of hydrogen-bond donors (Lipinski definition) is 1. The van der Waals surface area contributed by atoms with Gasteiger partial charge in [0.05, 0.1) is 0 Å². The number of anilines is 1. The molecule has 1 heterocycles. The number of rotatable bonds is 5. The highest BCUT2D eigenvalue weighted by molar-refractivity contribution is 7.16. The Hall–Kier alpha value is -1.57. The number of nitrogens with one attached hydrogen (secondary N) is 1. The second-order valence-corrected chi connectivity index (χ2v) is 5.68. The number of hydrogen-bond acceptors (Lipinski definition) is 4. The lowest BCUT2D eigenvalue weighted by Gasteiger charge is -2.12.